The summed E-state index contributed by atoms with van der Waals surface area (Å²) in [6, 6.07) is 7.53. The Morgan fingerprint density at radius 3 is 2.88 bits per heavy atom. The Morgan fingerprint density at radius 1 is 1.25 bits per heavy atom. The minimum Gasteiger partial charge on any atom is -0.310 e. The van der Waals surface area contributed by atoms with Crippen molar-refractivity contribution in [1.29, 1.82) is 0 Å². The van der Waals surface area contributed by atoms with Gasteiger partial charge in [-0.2, -0.15) is 0 Å². The standard InChI is InChI=1S/C15H23N/c1-3-4-10-16-12(2)14-9-8-13-6-5-7-15(13)11-14/h8-9,11-12,16H,3-7,10H2,1-2H3. The topological polar surface area (TPSA) is 12.0 Å². The van der Waals surface area contributed by atoms with E-state index >= 15 is 0 Å². The fraction of sp³-hybridized carbons (Fsp3) is 0.600. The second-order valence-corrected chi connectivity index (χ2v) is 4.91. The highest BCUT2D eigenvalue weighted by Crippen LogP contribution is 2.25. The van der Waals surface area contributed by atoms with E-state index < -0.39 is 0 Å². The van der Waals surface area contributed by atoms with Crippen LogP contribution in [0.25, 0.3) is 0 Å². The Bertz CT molecular complexity index is 343. The first-order valence-corrected chi connectivity index (χ1v) is 6.66. The van der Waals surface area contributed by atoms with Crippen LogP contribution >= 0.6 is 0 Å². The van der Waals surface area contributed by atoms with Crippen molar-refractivity contribution in [2.24, 2.45) is 0 Å². The molecule has 1 N–H and O–H groups in total. The Kier molecular flexibility index (Phi) is 4.00. The van der Waals surface area contributed by atoms with Gasteiger partial charge in [0.2, 0.25) is 0 Å². The number of unbranched alkanes of at least 4 members (excludes halogenated alkanes) is 1. The minimum atomic E-state index is 0.498. The van der Waals surface area contributed by atoms with E-state index in [1.165, 1.54) is 37.7 Å². The predicted octanol–water partition coefficient (Wildman–Crippen LogP) is 3.63. The van der Waals surface area contributed by atoms with Crippen molar-refractivity contribution in [3.63, 3.8) is 0 Å². The van der Waals surface area contributed by atoms with Gasteiger partial charge < -0.3 is 5.32 Å². The summed E-state index contributed by atoms with van der Waals surface area (Å²) < 4.78 is 0. The lowest BCUT2D eigenvalue weighted by atomic mass is 10.0. The van der Waals surface area contributed by atoms with Crippen LogP contribution in [0, 0.1) is 0 Å². The van der Waals surface area contributed by atoms with Crippen LogP contribution in [0.4, 0.5) is 0 Å². The van der Waals surface area contributed by atoms with Crippen molar-refractivity contribution < 1.29 is 0 Å². The third-order valence-electron chi connectivity index (χ3n) is 3.60. The highest BCUT2D eigenvalue weighted by atomic mass is 14.9. The van der Waals surface area contributed by atoms with Gasteiger partial charge in [-0.05, 0) is 55.8 Å². The first-order valence-electron chi connectivity index (χ1n) is 6.66. The number of hydrogen-bond donors (Lipinski definition) is 1. The van der Waals surface area contributed by atoms with Crippen LogP contribution in [0.1, 0.15) is 55.8 Å². The Balaban J connectivity index is 1.98. The molecule has 0 fully saturated rings. The maximum Gasteiger partial charge on any atom is 0.0291 e. The molecule has 1 unspecified atom stereocenters. The molecule has 1 aromatic carbocycles. The van der Waals surface area contributed by atoms with E-state index in [-0.39, 0.29) is 0 Å². The fourth-order valence-corrected chi connectivity index (χ4v) is 2.47. The molecule has 1 heteroatoms. The normalized spacial score (nSPS) is 16.1. The summed E-state index contributed by atoms with van der Waals surface area (Å²) in [5, 5.41) is 3.59. The first kappa shape index (κ1) is 11.7. The van der Waals surface area contributed by atoms with E-state index in [1.807, 2.05) is 0 Å². The Labute approximate surface area is 99.3 Å². The van der Waals surface area contributed by atoms with Crippen LogP contribution in [-0.4, -0.2) is 6.54 Å². The van der Waals surface area contributed by atoms with Crippen LogP contribution in [0.15, 0.2) is 18.2 Å². The zero-order chi connectivity index (χ0) is 11.4. The predicted molar refractivity (Wildman–Crippen MR) is 69.8 cm³/mol. The molecule has 1 aromatic rings. The third kappa shape index (κ3) is 2.65. The van der Waals surface area contributed by atoms with Crippen LogP contribution < -0.4 is 5.32 Å². The molecule has 0 heterocycles. The summed E-state index contributed by atoms with van der Waals surface area (Å²) in [6.07, 6.45) is 6.45. The molecular weight excluding hydrogens is 194 g/mol. The molecule has 0 radical (unpaired) electrons. The largest absolute Gasteiger partial charge is 0.310 e. The zero-order valence-electron chi connectivity index (χ0n) is 10.6. The lowest BCUT2D eigenvalue weighted by Gasteiger charge is -2.15. The average Bonchev–Trinajstić information content (AvgIpc) is 2.76. The summed E-state index contributed by atoms with van der Waals surface area (Å²) in [6.45, 7) is 5.64. The second-order valence-electron chi connectivity index (χ2n) is 4.91. The fourth-order valence-electron chi connectivity index (χ4n) is 2.47. The van der Waals surface area contributed by atoms with Gasteiger partial charge in [-0.3, -0.25) is 0 Å². The van der Waals surface area contributed by atoms with Gasteiger partial charge >= 0.3 is 0 Å². The molecule has 0 aliphatic heterocycles. The smallest absolute Gasteiger partial charge is 0.0291 e. The number of aryl methyl sites for hydroxylation is 2. The van der Waals surface area contributed by atoms with Crippen molar-refractivity contribution in [2.75, 3.05) is 6.54 Å². The molecule has 0 saturated carbocycles. The van der Waals surface area contributed by atoms with Gasteiger partial charge in [-0.1, -0.05) is 31.5 Å². The van der Waals surface area contributed by atoms with Gasteiger partial charge in [0, 0.05) is 6.04 Å². The van der Waals surface area contributed by atoms with Crippen molar-refractivity contribution >= 4 is 0 Å². The highest BCUT2D eigenvalue weighted by molar-refractivity contribution is 5.36. The van der Waals surface area contributed by atoms with E-state index in [4.69, 9.17) is 0 Å². The summed E-state index contributed by atoms with van der Waals surface area (Å²) in [5.74, 6) is 0. The maximum atomic E-state index is 3.59. The van der Waals surface area contributed by atoms with E-state index in [0.717, 1.165) is 6.54 Å². The molecule has 1 aliphatic carbocycles. The number of hydrogen-bond acceptors (Lipinski definition) is 1. The minimum absolute atomic E-state index is 0.498. The monoisotopic (exact) mass is 217 g/mol. The molecule has 0 bridgehead atoms. The van der Waals surface area contributed by atoms with Crippen LogP contribution in [0.2, 0.25) is 0 Å². The highest BCUT2D eigenvalue weighted by Gasteiger charge is 2.12. The van der Waals surface area contributed by atoms with Crippen molar-refractivity contribution in [2.45, 2.75) is 52.0 Å². The molecule has 88 valence electrons. The van der Waals surface area contributed by atoms with Gasteiger partial charge in [-0.15, -0.1) is 0 Å². The molecule has 0 spiro atoms. The lowest BCUT2D eigenvalue weighted by Crippen LogP contribution is -2.19. The van der Waals surface area contributed by atoms with Crippen LogP contribution in [0.5, 0.6) is 0 Å². The summed E-state index contributed by atoms with van der Waals surface area (Å²) in [7, 11) is 0. The Morgan fingerprint density at radius 2 is 2.06 bits per heavy atom. The van der Waals surface area contributed by atoms with Crippen molar-refractivity contribution in [3.8, 4) is 0 Å². The lowest BCUT2D eigenvalue weighted by molar-refractivity contribution is 0.554. The van der Waals surface area contributed by atoms with Crippen molar-refractivity contribution in [3.05, 3.63) is 34.9 Å². The quantitative estimate of drug-likeness (QED) is 0.743. The maximum absolute atomic E-state index is 3.59. The summed E-state index contributed by atoms with van der Waals surface area (Å²) in [4.78, 5) is 0. The van der Waals surface area contributed by atoms with Gasteiger partial charge in [0.25, 0.3) is 0 Å². The van der Waals surface area contributed by atoms with Gasteiger partial charge in [0.05, 0.1) is 0 Å². The number of nitrogens with one attached hydrogen (secondary N) is 1. The summed E-state index contributed by atoms with van der Waals surface area (Å²) in [5.41, 5.74) is 4.61. The molecule has 0 aromatic heterocycles. The molecular formula is C15H23N. The zero-order valence-corrected chi connectivity index (χ0v) is 10.6. The number of fused-ring (bicyclic) bond motifs is 1. The number of benzene rings is 1. The number of rotatable bonds is 5. The molecule has 1 nitrogen and oxygen atoms in total. The van der Waals surface area contributed by atoms with E-state index in [9.17, 15) is 0 Å². The van der Waals surface area contributed by atoms with E-state index in [0.29, 0.717) is 6.04 Å². The average molecular weight is 217 g/mol. The summed E-state index contributed by atoms with van der Waals surface area (Å²) >= 11 is 0. The molecule has 16 heavy (non-hydrogen) atoms. The van der Waals surface area contributed by atoms with E-state index in [1.54, 1.807) is 11.1 Å². The molecule has 0 saturated heterocycles. The van der Waals surface area contributed by atoms with Gasteiger partial charge in [-0.25, -0.2) is 0 Å². The molecule has 2 rings (SSSR count). The van der Waals surface area contributed by atoms with E-state index in [2.05, 4.69) is 37.4 Å². The van der Waals surface area contributed by atoms with Gasteiger partial charge in [0.15, 0.2) is 0 Å². The van der Waals surface area contributed by atoms with Crippen molar-refractivity contribution in [1.82, 2.24) is 5.32 Å². The van der Waals surface area contributed by atoms with Gasteiger partial charge in [0.1, 0.15) is 0 Å². The molecule has 0 amide bonds. The van der Waals surface area contributed by atoms with Crippen LogP contribution in [0.3, 0.4) is 0 Å². The first-order chi connectivity index (χ1) is 7.81. The second kappa shape index (κ2) is 5.49. The molecule has 1 aliphatic rings. The molecule has 1 atom stereocenters. The third-order valence-corrected chi connectivity index (χ3v) is 3.60. The SMILES string of the molecule is CCCCNC(C)c1ccc2c(c1)CCC2. The van der Waals surface area contributed by atoms with Crippen LogP contribution in [-0.2, 0) is 12.8 Å². The Hall–Kier alpha value is -0.820.